The highest BCUT2D eigenvalue weighted by atomic mass is 79.9. The summed E-state index contributed by atoms with van der Waals surface area (Å²) in [4.78, 5) is 35.5. The van der Waals surface area contributed by atoms with Crippen LogP contribution >= 0.6 is 39.0 Å². The molecule has 0 bridgehead atoms. The van der Waals surface area contributed by atoms with Gasteiger partial charge in [-0.15, -0.1) is 23.1 Å². The molecular weight excluding hydrogens is 602 g/mol. The molecule has 2 aliphatic rings. The molecule has 0 spiro atoms. The predicted octanol–water partition coefficient (Wildman–Crippen LogP) is 4.57. The van der Waals surface area contributed by atoms with E-state index in [9.17, 15) is 18.4 Å². The number of aliphatic carboxylic acids is 1. The lowest BCUT2D eigenvalue weighted by molar-refractivity contribution is -0.139. The molecule has 3 unspecified atom stereocenters. The Labute approximate surface area is 235 Å². The molecule has 8 nitrogen and oxygen atoms in total. The molecule has 0 radical (unpaired) electrons. The van der Waals surface area contributed by atoms with E-state index < -0.39 is 30.0 Å². The van der Waals surface area contributed by atoms with Gasteiger partial charge in [-0.2, -0.15) is 0 Å². The fourth-order valence-corrected chi connectivity index (χ4v) is 6.58. The minimum absolute atomic E-state index is 0.0417. The van der Waals surface area contributed by atoms with Gasteiger partial charge in [0.2, 0.25) is 0 Å². The van der Waals surface area contributed by atoms with Crippen molar-refractivity contribution in [2.75, 3.05) is 31.2 Å². The van der Waals surface area contributed by atoms with Gasteiger partial charge < -0.3 is 15.2 Å². The van der Waals surface area contributed by atoms with Gasteiger partial charge in [-0.1, -0.05) is 22.0 Å². The van der Waals surface area contributed by atoms with Gasteiger partial charge in [0.1, 0.15) is 18.0 Å². The summed E-state index contributed by atoms with van der Waals surface area (Å²) in [5.41, 5.74) is 1.31. The molecule has 0 amide bonds. The third kappa shape index (κ3) is 6.99. The summed E-state index contributed by atoms with van der Waals surface area (Å²) >= 11 is 6.07. The predicted molar refractivity (Wildman–Crippen MR) is 147 cm³/mol. The number of likely N-dealkylation sites (tertiary alicyclic amines) is 1. The molecule has 4 rings (SSSR count). The van der Waals surface area contributed by atoms with Gasteiger partial charge in [0.15, 0.2) is 10.8 Å². The van der Waals surface area contributed by atoms with Gasteiger partial charge >= 0.3 is 11.9 Å². The van der Waals surface area contributed by atoms with E-state index in [1.54, 1.807) is 24.6 Å². The lowest BCUT2D eigenvalue weighted by atomic mass is 9.94. The number of carbonyl (C=O) groups excluding carboxylic acids is 1. The Kier molecular flexibility index (Phi) is 9.91. The maximum Gasteiger partial charge on any atom is 0.338 e. The number of rotatable bonds is 10. The molecule has 3 heterocycles. The average Bonchev–Trinajstić information content (AvgIpc) is 3.40. The quantitative estimate of drug-likeness (QED) is 0.369. The largest absolute Gasteiger partial charge is 0.481 e. The second-order valence-corrected chi connectivity index (χ2v) is 11.6. The number of aromatic nitrogens is 1. The van der Waals surface area contributed by atoms with Crippen molar-refractivity contribution in [3.05, 3.63) is 61.9 Å². The highest BCUT2D eigenvalue weighted by Gasteiger charge is 2.36. The van der Waals surface area contributed by atoms with Gasteiger partial charge in [0.05, 0.1) is 17.9 Å². The van der Waals surface area contributed by atoms with Gasteiger partial charge in [-0.05, 0) is 37.5 Å². The second-order valence-electron chi connectivity index (χ2n) is 8.79. The van der Waals surface area contributed by atoms with Crippen LogP contribution < -0.4 is 5.32 Å². The Balaban J connectivity index is 1.76. The van der Waals surface area contributed by atoms with Crippen molar-refractivity contribution in [1.29, 1.82) is 0 Å². The van der Waals surface area contributed by atoms with Crippen LogP contribution in [0, 0.1) is 5.82 Å². The van der Waals surface area contributed by atoms with Crippen LogP contribution in [0.25, 0.3) is 0 Å². The Bertz CT molecular complexity index is 1230. The van der Waals surface area contributed by atoms with E-state index in [-0.39, 0.29) is 37.1 Å². The number of piperidine rings is 1. The van der Waals surface area contributed by atoms with E-state index in [1.807, 2.05) is 4.90 Å². The van der Waals surface area contributed by atoms with Gasteiger partial charge in [0, 0.05) is 46.6 Å². The summed E-state index contributed by atoms with van der Waals surface area (Å²) in [6.45, 7) is 2.18. The molecule has 204 valence electrons. The lowest BCUT2D eigenvalue weighted by Gasteiger charge is -2.39. The number of hydrogen-bond acceptors (Lipinski definition) is 9. The standard InChI is InChI=1S/C25H27BrF2N4O4S2/c1-2-36-25(35)21-19(11-32-10-15(28)3-5-16(32)12-37-13-20(33)34)30-23(24-29-7-8-38-24)31-22(21)17-6-4-14(27)9-18(17)26/h4,6-9,15-16,22H,2-3,5,10-13H2,1H3,(H,30,31)(H,33,34). The number of carboxylic acid groups (broad SMARTS) is 1. The number of hydrogen-bond donors (Lipinski definition) is 2. The Hall–Kier alpha value is -2.35. The van der Waals surface area contributed by atoms with Crippen molar-refractivity contribution in [2.24, 2.45) is 4.99 Å². The lowest BCUT2D eigenvalue weighted by Crippen LogP contribution is -2.49. The molecule has 2 aromatic rings. The summed E-state index contributed by atoms with van der Waals surface area (Å²) in [5, 5.41) is 14.7. The van der Waals surface area contributed by atoms with Crippen molar-refractivity contribution >= 4 is 56.8 Å². The molecule has 38 heavy (non-hydrogen) atoms. The van der Waals surface area contributed by atoms with Gasteiger partial charge in [-0.25, -0.2) is 18.6 Å². The molecule has 1 aromatic carbocycles. The molecule has 3 atom stereocenters. The van der Waals surface area contributed by atoms with Crippen LogP contribution in [0.4, 0.5) is 8.78 Å². The molecule has 2 N–H and O–H groups in total. The van der Waals surface area contributed by atoms with E-state index in [2.05, 4.69) is 26.2 Å². The van der Waals surface area contributed by atoms with Gasteiger partial charge in [0.25, 0.3) is 0 Å². The van der Waals surface area contributed by atoms with Crippen molar-refractivity contribution in [1.82, 2.24) is 15.2 Å². The number of esters is 1. The highest BCUT2D eigenvalue weighted by Crippen LogP contribution is 2.37. The fourth-order valence-electron chi connectivity index (χ4n) is 4.49. The molecule has 1 fully saturated rings. The number of alkyl halides is 1. The zero-order valence-corrected chi connectivity index (χ0v) is 23.8. The Morgan fingerprint density at radius 1 is 1.37 bits per heavy atom. The van der Waals surface area contributed by atoms with Crippen molar-refractivity contribution in [2.45, 2.75) is 38.0 Å². The van der Waals surface area contributed by atoms with E-state index in [4.69, 9.17) is 14.8 Å². The van der Waals surface area contributed by atoms with Crippen LogP contribution in [0.2, 0.25) is 0 Å². The first-order chi connectivity index (χ1) is 18.3. The summed E-state index contributed by atoms with van der Waals surface area (Å²) in [6.07, 6.45) is 1.56. The minimum Gasteiger partial charge on any atom is -0.481 e. The summed E-state index contributed by atoms with van der Waals surface area (Å²) in [5.74, 6) is -1.01. The highest BCUT2D eigenvalue weighted by molar-refractivity contribution is 9.10. The molecule has 1 saturated heterocycles. The van der Waals surface area contributed by atoms with E-state index in [1.165, 1.54) is 35.2 Å². The van der Waals surface area contributed by atoms with Crippen LogP contribution in [0.5, 0.6) is 0 Å². The molecular formula is C25H27BrF2N4O4S2. The Morgan fingerprint density at radius 3 is 2.87 bits per heavy atom. The first-order valence-electron chi connectivity index (χ1n) is 12.0. The van der Waals surface area contributed by atoms with E-state index in [0.717, 1.165) is 0 Å². The molecule has 13 heteroatoms. The van der Waals surface area contributed by atoms with Gasteiger partial charge in [-0.3, -0.25) is 14.7 Å². The van der Waals surface area contributed by atoms with Crippen molar-refractivity contribution in [3.63, 3.8) is 0 Å². The molecule has 0 aliphatic carbocycles. The molecule has 1 aromatic heterocycles. The first kappa shape index (κ1) is 28.7. The number of nitrogens with zero attached hydrogens (tertiary/aromatic N) is 3. The molecule has 0 saturated carbocycles. The number of aliphatic imine (C=N–C) groups is 1. The zero-order chi connectivity index (χ0) is 27.2. The third-order valence-electron chi connectivity index (χ3n) is 6.17. The normalized spacial score (nSPS) is 22.1. The summed E-state index contributed by atoms with van der Waals surface area (Å²) < 4.78 is 34.4. The number of carboxylic acids is 1. The second kappa shape index (κ2) is 13.1. The number of thiazole rings is 1. The average molecular weight is 630 g/mol. The third-order valence-corrected chi connectivity index (χ3v) is 8.71. The van der Waals surface area contributed by atoms with Crippen LogP contribution in [-0.4, -0.2) is 76.2 Å². The Morgan fingerprint density at radius 2 is 2.18 bits per heavy atom. The summed E-state index contributed by atoms with van der Waals surface area (Å²) in [7, 11) is 0. The smallest absolute Gasteiger partial charge is 0.338 e. The number of nitrogens with one attached hydrogen (secondary N) is 1. The monoisotopic (exact) mass is 628 g/mol. The number of thioether (sulfide) groups is 1. The SMILES string of the molecule is CCOC(=O)C1=C(CN2CC(F)CCC2CSCC(=O)O)NC(c2nccs2)=NC1c1ccc(F)cc1Br. The van der Waals surface area contributed by atoms with Crippen LogP contribution in [0.1, 0.15) is 36.4 Å². The maximum absolute atomic E-state index is 14.6. The van der Waals surface area contributed by atoms with Crippen LogP contribution in [0.3, 0.4) is 0 Å². The first-order valence-corrected chi connectivity index (χ1v) is 14.9. The molecule has 2 aliphatic heterocycles. The minimum atomic E-state index is -1.04. The number of benzene rings is 1. The van der Waals surface area contributed by atoms with E-state index >= 15 is 0 Å². The van der Waals surface area contributed by atoms with Crippen LogP contribution in [0.15, 0.2) is 50.5 Å². The number of halogens is 3. The van der Waals surface area contributed by atoms with Crippen molar-refractivity contribution < 1.29 is 28.2 Å². The topological polar surface area (TPSA) is 104 Å². The number of carbonyl (C=O) groups is 2. The maximum atomic E-state index is 14.6. The number of amidine groups is 1. The fraction of sp³-hybridized carbons (Fsp3) is 0.440. The van der Waals surface area contributed by atoms with Crippen LogP contribution in [-0.2, 0) is 14.3 Å². The summed E-state index contributed by atoms with van der Waals surface area (Å²) in [6, 6.07) is 3.27. The number of ether oxygens (including phenoxy) is 1. The zero-order valence-electron chi connectivity index (χ0n) is 20.5. The van der Waals surface area contributed by atoms with Crippen molar-refractivity contribution in [3.8, 4) is 0 Å². The van der Waals surface area contributed by atoms with E-state index in [0.29, 0.717) is 45.2 Å².